The highest BCUT2D eigenvalue weighted by molar-refractivity contribution is 4.90. The highest BCUT2D eigenvalue weighted by Crippen LogP contribution is 2.15. The molecule has 2 N–H and O–H groups in total. The van der Waals surface area contributed by atoms with Gasteiger partial charge in [0.1, 0.15) is 0 Å². The molecule has 0 aromatic rings. The summed E-state index contributed by atoms with van der Waals surface area (Å²) in [5.41, 5.74) is 0. The Bertz CT molecular complexity index is 154. The molecule has 0 aliphatic carbocycles. The number of nitrogens with zero attached hydrogens (tertiary/aromatic N) is 1. The first kappa shape index (κ1) is 10.7. The molecule has 0 aromatic carbocycles. The van der Waals surface area contributed by atoms with Crippen LogP contribution in [0.1, 0.15) is 45.4 Å². The fourth-order valence-corrected chi connectivity index (χ4v) is 1.86. The van der Waals surface area contributed by atoms with Gasteiger partial charge in [-0.3, -0.25) is 5.84 Å². The van der Waals surface area contributed by atoms with Gasteiger partial charge in [0.05, 0.1) is 0 Å². The van der Waals surface area contributed by atoms with Gasteiger partial charge in [0.25, 0.3) is 0 Å². The number of hydrogen-bond acceptors (Lipinski definition) is 2. The molecule has 1 rings (SSSR count). The molecule has 0 radical (unpaired) electrons. The zero-order chi connectivity index (χ0) is 9.52. The summed E-state index contributed by atoms with van der Waals surface area (Å²) in [6.45, 7) is 3.17. The quantitative estimate of drug-likeness (QED) is 0.411. The lowest BCUT2D eigenvalue weighted by Crippen LogP contribution is -2.40. The van der Waals surface area contributed by atoms with Crippen molar-refractivity contribution in [3.8, 4) is 0 Å². The van der Waals surface area contributed by atoms with Crippen molar-refractivity contribution in [1.29, 1.82) is 0 Å². The van der Waals surface area contributed by atoms with Gasteiger partial charge in [-0.1, -0.05) is 38.3 Å². The summed E-state index contributed by atoms with van der Waals surface area (Å²) >= 11 is 0. The topological polar surface area (TPSA) is 29.3 Å². The van der Waals surface area contributed by atoms with Crippen LogP contribution < -0.4 is 5.84 Å². The summed E-state index contributed by atoms with van der Waals surface area (Å²) in [7, 11) is 0. The number of hydrazine groups is 1. The van der Waals surface area contributed by atoms with Crippen LogP contribution in [-0.4, -0.2) is 17.6 Å². The SMILES string of the molecule is CCCCCC1CCC=CCN1N. The Labute approximate surface area is 81.8 Å². The van der Waals surface area contributed by atoms with Gasteiger partial charge in [0.2, 0.25) is 0 Å². The lowest BCUT2D eigenvalue weighted by molar-refractivity contribution is 0.202. The van der Waals surface area contributed by atoms with Crippen LogP contribution >= 0.6 is 0 Å². The number of rotatable bonds is 4. The third kappa shape index (κ3) is 3.92. The Hall–Kier alpha value is -0.340. The molecular formula is C11H22N2. The summed E-state index contributed by atoms with van der Waals surface area (Å²) in [4.78, 5) is 0. The van der Waals surface area contributed by atoms with Gasteiger partial charge in [0, 0.05) is 12.6 Å². The van der Waals surface area contributed by atoms with E-state index in [0.29, 0.717) is 6.04 Å². The van der Waals surface area contributed by atoms with Crippen LogP contribution in [0.2, 0.25) is 0 Å². The van der Waals surface area contributed by atoms with Gasteiger partial charge >= 0.3 is 0 Å². The van der Waals surface area contributed by atoms with E-state index in [1.54, 1.807) is 0 Å². The van der Waals surface area contributed by atoms with Crippen molar-refractivity contribution in [3.05, 3.63) is 12.2 Å². The monoisotopic (exact) mass is 182 g/mol. The Morgan fingerprint density at radius 3 is 3.00 bits per heavy atom. The maximum atomic E-state index is 5.94. The zero-order valence-electron chi connectivity index (χ0n) is 8.71. The molecule has 0 fully saturated rings. The summed E-state index contributed by atoms with van der Waals surface area (Å²) in [5, 5.41) is 2.00. The molecule has 1 aliphatic rings. The molecule has 0 spiro atoms. The van der Waals surface area contributed by atoms with E-state index < -0.39 is 0 Å². The summed E-state index contributed by atoms with van der Waals surface area (Å²) in [6.07, 6.45) is 12.1. The fourth-order valence-electron chi connectivity index (χ4n) is 1.86. The van der Waals surface area contributed by atoms with Gasteiger partial charge in [-0.15, -0.1) is 0 Å². The first-order chi connectivity index (χ1) is 6.34. The molecule has 76 valence electrons. The average Bonchev–Trinajstić information content (AvgIpc) is 2.32. The fraction of sp³-hybridized carbons (Fsp3) is 0.818. The molecule has 1 aliphatic heterocycles. The molecule has 0 saturated carbocycles. The van der Waals surface area contributed by atoms with Crippen molar-refractivity contribution in [1.82, 2.24) is 5.01 Å². The van der Waals surface area contributed by atoms with Gasteiger partial charge < -0.3 is 0 Å². The molecule has 2 nitrogen and oxygen atoms in total. The van der Waals surface area contributed by atoms with E-state index in [4.69, 9.17) is 5.84 Å². The van der Waals surface area contributed by atoms with Crippen molar-refractivity contribution < 1.29 is 0 Å². The number of allylic oxidation sites excluding steroid dienone is 1. The van der Waals surface area contributed by atoms with Crippen molar-refractivity contribution in [2.24, 2.45) is 5.84 Å². The van der Waals surface area contributed by atoms with Gasteiger partial charge in [0.15, 0.2) is 0 Å². The van der Waals surface area contributed by atoms with Crippen LogP contribution in [0.3, 0.4) is 0 Å². The minimum Gasteiger partial charge on any atom is -0.268 e. The Balaban J connectivity index is 2.22. The maximum absolute atomic E-state index is 5.94. The molecule has 0 bridgehead atoms. The largest absolute Gasteiger partial charge is 0.268 e. The first-order valence-corrected chi connectivity index (χ1v) is 5.51. The maximum Gasteiger partial charge on any atom is 0.0312 e. The van der Waals surface area contributed by atoms with E-state index in [-0.39, 0.29) is 0 Å². The third-order valence-corrected chi connectivity index (χ3v) is 2.76. The van der Waals surface area contributed by atoms with Crippen molar-refractivity contribution >= 4 is 0 Å². The van der Waals surface area contributed by atoms with E-state index in [1.165, 1.54) is 38.5 Å². The molecule has 1 atom stereocenters. The summed E-state index contributed by atoms with van der Waals surface area (Å²) in [6, 6.07) is 0.613. The van der Waals surface area contributed by atoms with E-state index >= 15 is 0 Å². The second-order valence-corrected chi connectivity index (χ2v) is 3.90. The first-order valence-electron chi connectivity index (χ1n) is 5.51. The predicted octanol–water partition coefficient (Wildman–Crippen LogP) is 2.46. The van der Waals surface area contributed by atoms with E-state index in [9.17, 15) is 0 Å². The lowest BCUT2D eigenvalue weighted by atomic mass is 10.0. The highest BCUT2D eigenvalue weighted by atomic mass is 15.4. The van der Waals surface area contributed by atoms with Crippen LogP contribution in [-0.2, 0) is 0 Å². The van der Waals surface area contributed by atoms with E-state index in [2.05, 4.69) is 19.1 Å². The van der Waals surface area contributed by atoms with E-state index in [0.717, 1.165) is 6.54 Å². The lowest BCUT2D eigenvalue weighted by Gasteiger charge is -2.24. The smallest absolute Gasteiger partial charge is 0.0312 e. The Morgan fingerprint density at radius 2 is 2.23 bits per heavy atom. The molecule has 1 unspecified atom stereocenters. The standard InChI is InChI=1S/C11H22N2/c1-2-3-5-8-11-9-6-4-7-10-13(11)12/h4,7,11H,2-3,5-6,8-10,12H2,1H3. The van der Waals surface area contributed by atoms with E-state index in [1.807, 2.05) is 5.01 Å². The van der Waals surface area contributed by atoms with Crippen LogP contribution in [0, 0.1) is 0 Å². The summed E-state index contributed by atoms with van der Waals surface area (Å²) < 4.78 is 0. The normalized spacial score (nSPS) is 24.6. The van der Waals surface area contributed by atoms with Crippen LogP contribution in [0.5, 0.6) is 0 Å². The highest BCUT2D eigenvalue weighted by Gasteiger charge is 2.14. The molecule has 1 heterocycles. The molecule has 0 amide bonds. The van der Waals surface area contributed by atoms with Crippen LogP contribution in [0.4, 0.5) is 0 Å². The second kappa shape index (κ2) is 6.17. The number of nitrogens with two attached hydrogens (primary N) is 1. The van der Waals surface area contributed by atoms with Gasteiger partial charge in [-0.05, 0) is 19.3 Å². The second-order valence-electron chi connectivity index (χ2n) is 3.90. The Morgan fingerprint density at radius 1 is 1.38 bits per heavy atom. The van der Waals surface area contributed by atoms with Crippen molar-refractivity contribution in [2.75, 3.05) is 6.54 Å². The molecule has 13 heavy (non-hydrogen) atoms. The van der Waals surface area contributed by atoms with Crippen molar-refractivity contribution in [2.45, 2.75) is 51.5 Å². The number of hydrogen-bond donors (Lipinski definition) is 1. The van der Waals surface area contributed by atoms with Crippen molar-refractivity contribution in [3.63, 3.8) is 0 Å². The molecule has 0 aromatic heterocycles. The summed E-state index contributed by atoms with van der Waals surface area (Å²) in [5.74, 6) is 5.94. The minimum atomic E-state index is 0.613. The molecular weight excluding hydrogens is 160 g/mol. The predicted molar refractivity (Wildman–Crippen MR) is 57.2 cm³/mol. The molecule has 0 saturated heterocycles. The average molecular weight is 182 g/mol. The zero-order valence-corrected chi connectivity index (χ0v) is 8.71. The van der Waals surface area contributed by atoms with Crippen LogP contribution in [0.15, 0.2) is 12.2 Å². The Kier molecular flexibility index (Phi) is 5.09. The molecule has 2 heteroatoms. The van der Waals surface area contributed by atoms with Gasteiger partial charge in [-0.2, -0.15) is 0 Å². The number of unbranched alkanes of at least 4 members (excludes halogenated alkanes) is 2. The van der Waals surface area contributed by atoms with Gasteiger partial charge in [-0.25, -0.2) is 5.01 Å². The van der Waals surface area contributed by atoms with Crippen LogP contribution in [0.25, 0.3) is 0 Å². The minimum absolute atomic E-state index is 0.613. The third-order valence-electron chi connectivity index (χ3n) is 2.76.